The third-order valence-corrected chi connectivity index (χ3v) is 6.67. The van der Waals surface area contributed by atoms with Crippen LogP contribution < -0.4 is 9.64 Å². The highest BCUT2D eigenvalue weighted by atomic mass is 35.5. The Bertz CT molecular complexity index is 1100. The highest BCUT2D eigenvalue weighted by Gasteiger charge is 2.22. The summed E-state index contributed by atoms with van der Waals surface area (Å²) in [6.07, 6.45) is 0.742. The van der Waals surface area contributed by atoms with Crippen LogP contribution in [0.4, 0.5) is 9.52 Å². The summed E-state index contributed by atoms with van der Waals surface area (Å²) in [7, 11) is 0. The molecule has 0 atom stereocenters. The first-order valence-corrected chi connectivity index (χ1v) is 11.8. The lowest BCUT2D eigenvalue weighted by atomic mass is 10.3. The van der Waals surface area contributed by atoms with Crippen LogP contribution in [0, 0.1) is 5.82 Å². The van der Waals surface area contributed by atoms with Gasteiger partial charge in [0, 0.05) is 31.2 Å². The molecule has 178 valence electrons. The number of anilines is 1. The second-order valence-corrected chi connectivity index (χ2v) is 9.15. The molecule has 1 aliphatic rings. The second-order valence-electron chi connectivity index (χ2n) is 7.30. The number of rotatable bonds is 8. The molecule has 33 heavy (non-hydrogen) atoms. The molecule has 0 aliphatic carbocycles. The van der Waals surface area contributed by atoms with Crippen molar-refractivity contribution in [2.75, 3.05) is 50.9 Å². The Morgan fingerprint density at radius 1 is 1.24 bits per heavy atom. The van der Waals surface area contributed by atoms with Crippen LogP contribution in [0.15, 0.2) is 36.4 Å². The summed E-state index contributed by atoms with van der Waals surface area (Å²) in [5, 5.41) is 1.25. The Hall–Kier alpha value is -1.68. The van der Waals surface area contributed by atoms with Gasteiger partial charge in [0.1, 0.15) is 17.1 Å². The Morgan fingerprint density at radius 3 is 2.76 bits per heavy atom. The van der Waals surface area contributed by atoms with Gasteiger partial charge in [-0.2, -0.15) is 0 Å². The predicted molar refractivity (Wildman–Crippen MR) is 133 cm³/mol. The summed E-state index contributed by atoms with van der Waals surface area (Å²) < 4.78 is 25.9. The quantitative estimate of drug-likeness (QED) is 0.393. The molecule has 2 heterocycles. The maximum absolute atomic E-state index is 14.2. The first-order valence-electron chi connectivity index (χ1n) is 10.2. The van der Waals surface area contributed by atoms with Gasteiger partial charge in [0.15, 0.2) is 11.7 Å². The van der Waals surface area contributed by atoms with Crippen LogP contribution in [0.25, 0.3) is 10.2 Å². The van der Waals surface area contributed by atoms with E-state index in [9.17, 15) is 9.18 Å². The van der Waals surface area contributed by atoms with E-state index < -0.39 is 5.82 Å². The summed E-state index contributed by atoms with van der Waals surface area (Å²) in [5.41, 5.74) is 0.264. The van der Waals surface area contributed by atoms with Crippen molar-refractivity contribution in [1.82, 2.24) is 9.88 Å². The van der Waals surface area contributed by atoms with Gasteiger partial charge in [0.2, 0.25) is 0 Å². The normalized spacial score (nSPS) is 14.2. The Kier molecular flexibility index (Phi) is 9.55. The van der Waals surface area contributed by atoms with Crippen LogP contribution in [-0.4, -0.2) is 61.8 Å². The number of ether oxygens (including phenoxy) is 2. The lowest BCUT2D eigenvalue weighted by Gasteiger charge is -2.27. The molecule has 1 saturated heterocycles. The zero-order chi connectivity index (χ0) is 22.5. The number of benzene rings is 2. The van der Waals surface area contributed by atoms with Gasteiger partial charge in [0.25, 0.3) is 5.91 Å². The average Bonchev–Trinajstić information content (AvgIpc) is 3.22. The van der Waals surface area contributed by atoms with Crippen molar-refractivity contribution in [3.63, 3.8) is 0 Å². The van der Waals surface area contributed by atoms with Gasteiger partial charge in [-0.25, -0.2) is 9.37 Å². The molecule has 0 bridgehead atoms. The maximum atomic E-state index is 14.2. The molecule has 3 aromatic rings. The standard InChI is InChI=1S/C22H22Cl2FN3O3S.ClH/c23-15-5-6-18(16(24)13-15)31-14-20(29)28(8-2-7-27-9-11-30-12-10-27)22-26-21-17(25)3-1-4-19(21)32-22;/h1,3-6,13H,2,7-12,14H2;1H. The molecule has 0 radical (unpaired) electrons. The van der Waals surface area contributed by atoms with Crippen LogP contribution in [-0.2, 0) is 9.53 Å². The number of thiazole rings is 1. The molecular weight excluding hydrogens is 512 g/mol. The number of morpholine rings is 1. The minimum atomic E-state index is -0.407. The van der Waals surface area contributed by atoms with E-state index in [1.807, 2.05) is 0 Å². The molecular formula is C22H23Cl3FN3O3S. The fourth-order valence-electron chi connectivity index (χ4n) is 3.43. The van der Waals surface area contributed by atoms with Crippen LogP contribution in [0.1, 0.15) is 6.42 Å². The Balaban J connectivity index is 0.00000306. The summed E-state index contributed by atoms with van der Waals surface area (Å²) in [4.78, 5) is 21.4. The van der Waals surface area contributed by atoms with Gasteiger partial charge in [-0.1, -0.05) is 40.6 Å². The molecule has 6 nitrogen and oxygen atoms in total. The number of hydrogen-bond acceptors (Lipinski definition) is 6. The molecule has 0 N–H and O–H groups in total. The van der Waals surface area contributed by atoms with Crippen molar-refractivity contribution in [3.8, 4) is 5.75 Å². The monoisotopic (exact) mass is 533 g/mol. The number of nitrogens with zero attached hydrogens (tertiary/aromatic N) is 3. The summed E-state index contributed by atoms with van der Waals surface area (Å²) in [5.74, 6) is -0.319. The lowest BCUT2D eigenvalue weighted by molar-refractivity contribution is -0.120. The average molecular weight is 535 g/mol. The van der Waals surface area contributed by atoms with Gasteiger partial charge in [-0.15, -0.1) is 12.4 Å². The van der Waals surface area contributed by atoms with Gasteiger partial charge in [-0.3, -0.25) is 14.6 Å². The van der Waals surface area contributed by atoms with Gasteiger partial charge in [0.05, 0.1) is 22.9 Å². The van der Waals surface area contributed by atoms with Crippen molar-refractivity contribution >= 4 is 68.2 Å². The molecule has 2 aromatic carbocycles. The Morgan fingerprint density at radius 2 is 2.03 bits per heavy atom. The van der Waals surface area contributed by atoms with Crippen molar-refractivity contribution in [1.29, 1.82) is 0 Å². The summed E-state index contributed by atoms with van der Waals surface area (Å²) >= 11 is 13.3. The van der Waals surface area contributed by atoms with E-state index >= 15 is 0 Å². The SMILES string of the molecule is Cl.O=C(COc1ccc(Cl)cc1Cl)N(CCCN1CCOCC1)c1nc2c(F)cccc2s1. The number of hydrogen-bond donors (Lipinski definition) is 0. The third-order valence-electron chi connectivity index (χ3n) is 5.10. The molecule has 0 spiro atoms. The van der Waals surface area contributed by atoms with Crippen molar-refractivity contribution in [3.05, 3.63) is 52.3 Å². The zero-order valence-electron chi connectivity index (χ0n) is 17.6. The summed E-state index contributed by atoms with van der Waals surface area (Å²) in [6, 6.07) is 9.61. The number of halogens is 4. The van der Waals surface area contributed by atoms with E-state index in [1.54, 1.807) is 35.2 Å². The smallest absolute Gasteiger partial charge is 0.266 e. The van der Waals surface area contributed by atoms with E-state index in [1.165, 1.54) is 17.4 Å². The topological polar surface area (TPSA) is 54.9 Å². The molecule has 0 unspecified atom stereocenters. The van der Waals surface area contributed by atoms with E-state index in [0.29, 0.717) is 32.2 Å². The fraction of sp³-hybridized carbons (Fsp3) is 0.364. The number of amides is 1. The number of carbonyl (C=O) groups is 1. The van der Waals surface area contributed by atoms with Crippen LogP contribution in [0.5, 0.6) is 5.75 Å². The van der Waals surface area contributed by atoms with Crippen molar-refractivity contribution in [2.24, 2.45) is 0 Å². The van der Waals surface area contributed by atoms with Crippen LogP contribution >= 0.6 is 46.9 Å². The molecule has 1 aliphatic heterocycles. The van der Waals surface area contributed by atoms with Crippen molar-refractivity contribution in [2.45, 2.75) is 6.42 Å². The predicted octanol–water partition coefficient (Wildman–Crippen LogP) is 5.30. The highest BCUT2D eigenvalue weighted by molar-refractivity contribution is 7.22. The van der Waals surface area contributed by atoms with Gasteiger partial charge >= 0.3 is 0 Å². The minimum absolute atomic E-state index is 0. The van der Waals surface area contributed by atoms with Gasteiger partial charge in [-0.05, 0) is 36.8 Å². The highest BCUT2D eigenvalue weighted by Crippen LogP contribution is 2.31. The molecule has 4 rings (SSSR count). The number of aromatic nitrogens is 1. The molecule has 1 aromatic heterocycles. The molecule has 0 saturated carbocycles. The first-order chi connectivity index (χ1) is 15.5. The van der Waals surface area contributed by atoms with Crippen molar-refractivity contribution < 1.29 is 18.7 Å². The lowest BCUT2D eigenvalue weighted by Crippen LogP contribution is -2.40. The molecule has 11 heteroatoms. The number of carbonyl (C=O) groups excluding carboxylic acids is 1. The maximum Gasteiger partial charge on any atom is 0.266 e. The van der Waals surface area contributed by atoms with E-state index in [4.69, 9.17) is 32.7 Å². The number of fused-ring (bicyclic) bond motifs is 1. The van der Waals surface area contributed by atoms with Crippen LogP contribution in [0.2, 0.25) is 10.0 Å². The number of para-hydroxylation sites is 1. The zero-order valence-corrected chi connectivity index (χ0v) is 20.8. The first kappa shape index (κ1) is 25.9. The van der Waals surface area contributed by atoms with E-state index in [2.05, 4.69) is 9.88 Å². The summed E-state index contributed by atoms with van der Waals surface area (Å²) in [6.45, 7) is 4.23. The van der Waals surface area contributed by atoms with E-state index in [0.717, 1.165) is 39.3 Å². The van der Waals surface area contributed by atoms with Gasteiger partial charge < -0.3 is 9.47 Å². The minimum Gasteiger partial charge on any atom is -0.482 e. The Labute approximate surface area is 211 Å². The fourth-order valence-corrected chi connectivity index (χ4v) is 4.92. The third kappa shape index (κ3) is 6.68. The second kappa shape index (κ2) is 12.1. The molecule has 1 fully saturated rings. The van der Waals surface area contributed by atoms with Crippen LogP contribution in [0.3, 0.4) is 0 Å². The molecule has 1 amide bonds. The van der Waals surface area contributed by atoms with E-state index in [-0.39, 0.29) is 30.4 Å². The largest absolute Gasteiger partial charge is 0.482 e.